The smallest absolute Gasteiger partial charge is 0.419 e. The number of nitrogens with one attached hydrogen (secondary N) is 1. The number of aryl methyl sites for hydroxylation is 1. The molecule has 4 rings (SSSR count). The predicted molar refractivity (Wildman–Crippen MR) is 176 cm³/mol. The molecule has 0 bridgehead atoms. The van der Waals surface area contributed by atoms with Gasteiger partial charge in [0, 0.05) is 37.0 Å². The number of nitrogens with zero attached hydrogens (tertiary/aromatic N) is 1. The quantitative estimate of drug-likeness (QED) is 0.127. The number of ether oxygens (including phenoxy) is 2. The second-order valence-corrected chi connectivity index (χ2v) is 12.1. The number of fused-ring (bicyclic) bond motifs is 3. The van der Waals surface area contributed by atoms with Crippen LogP contribution in [0.5, 0.6) is 11.5 Å². The molecule has 0 fully saturated rings. The first-order chi connectivity index (χ1) is 23.3. The van der Waals surface area contributed by atoms with Crippen molar-refractivity contribution in [2.45, 2.75) is 89.4 Å². The number of aliphatic hydroxyl groups excluding tert-OH is 5. The Morgan fingerprint density at radius 3 is 2.20 bits per heavy atom. The van der Waals surface area contributed by atoms with Gasteiger partial charge in [-0.2, -0.15) is 13.2 Å². The maximum atomic E-state index is 13.5. The van der Waals surface area contributed by atoms with E-state index in [0.717, 1.165) is 29.6 Å². The van der Waals surface area contributed by atoms with Gasteiger partial charge in [-0.05, 0) is 63.2 Å². The third kappa shape index (κ3) is 12.0. The van der Waals surface area contributed by atoms with Crippen LogP contribution < -0.4 is 14.8 Å². The number of carboxylic acids is 2. The first-order valence-corrected chi connectivity index (χ1v) is 15.9. The summed E-state index contributed by atoms with van der Waals surface area (Å²) in [5, 5.41) is 65.3. The monoisotopic (exact) mass is 736 g/mol. The lowest BCUT2D eigenvalue weighted by Crippen LogP contribution is -2.48. The molecular weight excluding hydrogens is 693 g/mol. The summed E-state index contributed by atoms with van der Waals surface area (Å²) >= 11 is 6.59. The minimum atomic E-state index is -4.55. The number of likely N-dealkylation sites (N-methyl/N-ethyl adjacent to an activating group) is 1. The number of carboxylic acid groups (broad SMARTS) is 2. The zero-order valence-electron chi connectivity index (χ0n) is 27.9. The van der Waals surface area contributed by atoms with Crippen LogP contribution in [0.3, 0.4) is 0 Å². The fraction of sp³-hybridized carbons (Fsp3) is 0.515. The molecular formula is C33H44ClF3N2O11. The summed E-state index contributed by atoms with van der Waals surface area (Å²) in [5.74, 6) is -1.62. The van der Waals surface area contributed by atoms with Crippen LogP contribution in [-0.2, 0) is 28.9 Å². The normalized spacial score (nSPS) is 16.3. The number of hydrogen-bond acceptors (Lipinski definition) is 10. The molecule has 1 aromatic heterocycles. The Hall–Kier alpha value is -3.64. The van der Waals surface area contributed by atoms with Crippen molar-refractivity contribution in [3.63, 3.8) is 0 Å². The highest BCUT2D eigenvalue weighted by molar-refractivity contribution is 6.36. The van der Waals surface area contributed by atoms with Crippen LogP contribution in [-0.4, -0.2) is 103 Å². The van der Waals surface area contributed by atoms with Gasteiger partial charge in [-0.25, -0.2) is 0 Å². The fourth-order valence-corrected chi connectivity index (χ4v) is 5.59. The van der Waals surface area contributed by atoms with Gasteiger partial charge in [0.05, 0.1) is 41.3 Å². The number of rotatable bonds is 13. The van der Waals surface area contributed by atoms with Crippen molar-refractivity contribution >= 4 is 34.4 Å². The molecule has 0 radical (unpaired) electrons. The van der Waals surface area contributed by atoms with E-state index in [-0.39, 0.29) is 37.3 Å². The van der Waals surface area contributed by atoms with E-state index in [1.54, 1.807) is 39.1 Å². The zero-order chi connectivity index (χ0) is 37.9. The van der Waals surface area contributed by atoms with Crippen molar-refractivity contribution in [3.05, 3.63) is 58.2 Å². The second-order valence-electron chi connectivity index (χ2n) is 11.8. The maximum Gasteiger partial charge on any atom is 0.419 e. The van der Waals surface area contributed by atoms with Crippen molar-refractivity contribution in [2.24, 2.45) is 0 Å². The molecule has 280 valence electrons. The summed E-state index contributed by atoms with van der Waals surface area (Å²) < 4.78 is 53.5. The Morgan fingerprint density at radius 1 is 1.04 bits per heavy atom. The van der Waals surface area contributed by atoms with Gasteiger partial charge in [0.25, 0.3) is 5.97 Å². The topological polar surface area (TPSA) is 211 Å². The minimum absolute atomic E-state index is 0.0114. The van der Waals surface area contributed by atoms with Crippen LogP contribution in [0.15, 0.2) is 36.4 Å². The van der Waals surface area contributed by atoms with Gasteiger partial charge in [-0.1, -0.05) is 17.7 Å². The van der Waals surface area contributed by atoms with E-state index < -0.39 is 54.7 Å². The van der Waals surface area contributed by atoms with E-state index in [9.17, 15) is 23.1 Å². The highest BCUT2D eigenvalue weighted by Gasteiger charge is 2.35. The van der Waals surface area contributed by atoms with Crippen LogP contribution in [0.2, 0.25) is 5.02 Å². The molecule has 2 heterocycles. The van der Waals surface area contributed by atoms with Gasteiger partial charge in [0.1, 0.15) is 36.4 Å². The molecule has 0 saturated carbocycles. The molecule has 8 N–H and O–H groups in total. The van der Waals surface area contributed by atoms with E-state index in [2.05, 4.69) is 5.32 Å². The highest BCUT2D eigenvalue weighted by atomic mass is 35.5. The van der Waals surface area contributed by atoms with Crippen LogP contribution in [0.25, 0.3) is 10.9 Å². The number of aliphatic carboxylic acids is 2. The molecule has 50 heavy (non-hydrogen) atoms. The number of aromatic nitrogens is 1. The summed E-state index contributed by atoms with van der Waals surface area (Å²) in [7, 11) is 1.57. The molecule has 0 amide bonds. The Bertz CT molecular complexity index is 1560. The van der Waals surface area contributed by atoms with Crippen molar-refractivity contribution in [2.75, 3.05) is 20.2 Å². The van der Waals surface area contributed by atoms with Crippen LogP contribution in [0.4, 0.5) is 13.2 Å². The van der Waals surface area contributed by atoms with E-state index in [1.165, 1.54) is 6.07 Å². The van der Waals surface area contributed by atoms with Gasteiger partial charge in [0.2, 0.25) is 0 Å². The van der Waals surface area contributed by atoms with E-state index in [4.69, 9.17) is 56.5 Å². The molecule has 3 aromatic rings. The number of hydrogen-bond donors (Lipinski definition) is 8. The van der Waals surface area contributed by atoms with E-state index in [0.29, 0.717) is 29.3 Å². The summed E-state index contributed by atoms with van der Waals surface area (Å²) in [6.07, 6.45) is -9.86. The van der Waals surface area contributed by atoms with Gasteiger partial charge in [-0.3, -0.25) is 9.59 Å². The zero-order valence-corrected chi connectivity index (χ0v) is 28.6. The molecule has 0 spiro atoms. The van der Waals surface area contributed by atoms with Gasteiger partial charge >= 0.3 is 12.1 Å². The lowest BCUT2D eigenvalue weighted by Gasteiger charge is -2.25. The van der Waals surface area contributed by atoms with E-state index >= 15 is 0 Å². The Kier molecular flexibility index (Phi) is 16.2. The van der Waals surface area contributed by atoms with Crippen molar-refractivity contribution in [3.8, 4) is 11.5 Å². The first-order valence-electron chi connectivity index (χ1n) is 15.5. The minimum Gasteiger partial charge on any atom is -0.490 e. The van der Waals surface area contributed by atoms with Crippen LogP contribution in [0.1, 0.15) is 56.4 Å². The number of aliphatic hydroxyl groups is 5. The SMILES string of the molecule is CC(=O)O.CC(C)Oc1ccc(COc2ccc3c(c2)c(Cl)c2n3CC[C@@H]2CC(=O)O)cc1C(F)(F)F.CNC[C@H](O)[C@@H](O)[C@H](O)[C@H](O)CO. The summed E-state index contributed by atoms with van der Waals surface area (Å²) in [6.45, 7) is 4.46. The summed E-state index contributed by atoms with van der Waals surface area (Å²) in [5.41, 5.74) is 1.20. The van der Waals surface area contributed by atoms with Gasteiger partial charge in [-0.15, -0.1) is 0 Å². The first kappa shape index (κ1) is 42.5. The Morgan fingerprint density at radius 2 is 1.66 bits per heavy atom. The van der Waals surface area contributed by atoms with Crippen molar-refractivity contribution in [1.29, 1.82) is 0 Å². The number of halogens is 4. The molecule has 0 unspecified atom stereocenters. The number of alkyl halides is 3. The van der Waals surface area contributed by atoms with Crippen molar-refractivity contribution < 1.29 is 68.0 Å². The van der Waals surface area contributed by atoms with Crippen LogP contribution in [0, 0.1) is 0 Å². The standard InChI is InChI=1S/C24H23ClF3NO4.C7H17NO5.C2H4O2/c1-13(2)33-20-6-3-14(9-18(20)24(26,27)28)12-32-16-4-5-19-17(11-16)22(25)23-15(10-21(30)31)7-8-29(19)23;1-8-2-4(10)6(12)7(13)5(11)3-9;1-2(3)4/h3-6,9,11,13,15H,7-8,10,12H2,1-2H3,(H,30,31);4-13H,2-3H2,1H3;1H3,(H,3,4)/t15-;4-,5+,6+,7+;/m10./s1. The molecule has 0 aliphatic carbocycles. The third-order valence-corrected chi connectivity index (χ3v) is 7.77. The molecule has 17 heteroatoms. The molecule has 2 aromatic carbocycles. The molecule has 0 saturated heterocycles. The predicted octanol–water partition coefficient (Wildman–Crippen LogP) is 3.37. The Labute approximate surface area is 291 Å². The van der Waals surface area contributed by atoms with Crippen molar-refractivity contribution in [1.82, 2.24) is 9.88 Å². The highest BCUT2D eigenvalue weighted by Crippen LogP contribution is 2.44. The number of benzene rings is 2. The average Bonchev–Trinajstić information content (AvgIpc) is 3.56. The number of carbonyl (C=O) groups is 2. The molecule has 1 aliphatic rings. The molecule has 13 nitrogen and oxygen atoms in total. The van der Waals surface area contributed by atoms with Crippen LogP contribution >= 0.6 is 11.6 Å². The summed E-state index contributed by atoms with van der Waals surface area (Å²) in [6, 6.07) is 9.19. The average molecular weight is 737 g/mol. The largest absolute Gasteiger partial charge is 0.490 e. The lowest BCUT2D eigenvalue weighted by molar-refractivity contribution is -0.139. The Balaban J connectivity index is 0.000000426. The molecule has 5 atom stereocenters. The van der Waals surface area contributed by atoms with Gasteiger partial charge < -0.3 is 55.1 Å². The van der Waals surface area contributed by atoms with E-state index in [1.807, 2.05) is 10.6 Å². The maximum absolute atomic E-state index is 13.5. The second kappa shape index (κ2) is 19.1. The van der Waals surface area contributed by atoms with Gasteiger partial charge in [0.15, 0.2) is 0 Å². The molecule has 1 aliphatic heterocycles. The fourth-order valence-electron chi connectivity index (χ4n) is 5.18. The third-order valence-electron chi connectivity index (χ3n) is 7.38. The lowest BCUT2D eigenvalue weighted by atomic mass is 10.0. The summed E-state index contributed by atoms with van der Waals surface area (Å²) in [4.78, 5) is 20.2.